The second-order valence-corrected chi connectivity index (χ2v) is 9.34. The highest BCUT2D eigenvalue weighted by molar-refractivity contribution is 7.89. The zero-order valence-corrected chi connectivity index (χ0v) is 16.4. The van der Waals surface area contributed by atoms with Gasteiger partial charge in [0.15, 0.2) is 0 Å². The molecule has 4 unspecified atom stereocenters. The van der Waals surface area contributed by atoms with Crippen molar-refractivity contribution in [2.45, 2.75) is 37.5 Å². The van der Waals surface area contributed by atoms with Gasteiger partial charge >= 0.3 is 5.97 Å². The monoisotopic (exact) mass is 389 g/mol. The zero-order valence-electron chi connectivity index (χ0n) is 15.5. The molecule has 1 aromatic rings. The van der Waals surface area contributed by atoms with Gasteiger partial charge in [0.1, 0.15) is 0 Å². The molecular weight excluding hydrogens is 362 g/mol. The minimum Gasteiger partial charge on any atom is -0.481 e. The van der Waals surface area contributed by atoms with Gasteiger partial charge in [0, 0.05) is 13.0 Å². The average molecular weight is 390 g/mol. The van der Waals surface area contributed by atoms with E-state index < -0.39 is 16.0 Å². The van der Waals surface area contributed by atoms with Crippen LogP contribution in [-0.4, -0.2) is 26.0 Å². The highest BCUT2D eigenvalue weighted by Gasteiger charge is 2.43. The van der Waals surface area contributed by atoms with Gasteiger partial charge in [0.05, 0.1) is 4.90 Å². The molecule has 2 aliphatic rings. The van der Waals surface area contributed by atoms with Gasteiger partial charge in [0.25, 0.3) is 0 Å². The Balaban J connectivity index is 1.60. The molecule has 4 atom stereocenters. The maximum absolute atomic E-state index is 12.6. The standard InChI is InChI=1S/C21H27NO4S/c1-15-7-11-18(12-8-15)27(25,26)22-14-20-17-10-9-16(13-17)19(20)5-3-2-4-6-21(23)24/h3,5,7-12,16-17,19-20,22H,2,4,6,13-14H2,1H3,(H,23,24)/b5-3-. The Morgan fingerprint density at radius 2 is 1.93 bits per heavy atom. The van der Waals surface area contributed by atoms with E-state index in [1.165, 1.54) is 0 Å². The number of fused-ring (bicyclic) bond motifs is 2. The maximum atomic E-state index is 12.6. The second kappa shape index (κ2) is 8.40. The van der Waals surface area contributed by atoms with E-state index >= 15 is 0 Å². The number of allylic oxidation sites excluding steroid dienone is 4. The number of carboxylic acid groups (broad SMARTS) is 1. The van der Waals surface area contributed by atoms with Crippen molar-refractivity contribution in [2.75, 3.05) is 6.54 Å². The first-order valence-electron chi connectivity index (χ1n) is 9.50. The molecule has 0 aliphatic heterocycles. The minimum atomic E-state index is -3.51. The summed E-state index contributed by atoms with van der Waals surface area (Å²) in [5.74, 6) is 0.653. The summed E-state index contributed by atoms with van der Waals surface area (Å²) in [5, 5.41) is 8.71. The first-order valence-corrected chi connectivity index (χ1v) is 11.0. The fourth-order valence-corrected chi connectivity index (χ4v) is 5.24. The molecular formula is C21H27NO4S. The highest BCUT2D eigenvalue weighted by atomic mass is 32.2. The lowest BCUT2D eigenvalue weighted by molar-refractivity contribution is -0.137. The lowest BCUT2D eigenvalue weighted by Crippen LogP contribution is -2.34. The third-order valence-electron chi connectivity index (χ3n) is 5.65. The van der Waals surface area contributed by atoms with Gasteiger partial charge in [-0.25, -0.2) is 13.1 Å². The number of benzene rings is 1. The quantitative estimate of drug-likeness (QED) is 0.500. The summed E-state index contributed by atoms with van der Waals surface area (Å²) in [6, 6.07) is 6.88. The number of nitrogens with one attached hydrogen (secondary N) is 1. The van der Waals surface area contributed by atoms with Crippen LogP contribution in [0.1, 0.15) is 31.2 Å². The largest absolute Gasteiger partial charge is 0.481 e. The van der Waals surface area contributed by atoms with Crippen molar-refractivity contribution in [3.8, 4) is 0 Å². The Kier molecular flexibility index (Phi) is 6.17. The molecule has 1 aromatic carbocycles. The van der Waals surface area contributed by atoms with Crippen LogP contribution in [0.3, 0.4) is 0 Å². The molecule has 5 nitrogen and oxygen atoms in total. The third-order valence-corrected chi connectivity index (χ3v) is 7.09. The van der Waals surface area contributed by atoms with Crippen LogP contribution in [0.4, 0.5) is 0 Å². The predicted octanol–water partition coefficient (Wildman–Crippen LogP) is 3.52. The van der Waals surface area contributed by atoms with Crippen LogP contribution < -0.4 is 4.72 Å². The molecule has 2 N–H and O–H groups in total. The first-order chi connectivity index (χ1) is 12.9. The topological polar surface area (TPSA) is 83.5 Å². The SMILES string of the molecule is Cc1ccc(S(=O)(=O)NCC2C3C=CC(C3)C2/C=C\CCCC(=O)O)cc1. The lowest BCUT2D eigenvalue weighted by atomic mass is 9.83. The van der Waals surface area contributed by atoms with E-state index in [0.29, 0.717) is 35.6 Å². The molecule has 0 spiro atoms. The number of aryl methyl sites for hydroxylation is 1. The fourth-order valence-electron chi connectivity index (χ4n) is 4.17. The number of carboxylic acids is 1. The molecule has 0 amide bonds. The Morgan fingerprint density at radius 3 is 2.63 bits per heavy atom. The van der Waals surface area contributed by atoms with Gasteiger partial charge in [-0.2, -0.15) is 0 Å². The Morgan fingerprint density at radius 1 is 1.22 bits per heavy atom. The van der Waals surface area contributed by atoms with Crippen molar-refractivity contribution in [1.29, 1.82) is 0 Å². The van der Waals surface area contributed by atoms with Crippen LogP contribution in [0.5, 0.6) is 0 Å². The van der Waals surface area contributed by atoms with E-state index in [2.05, 4.69) is 29.0 Å². The summed E-state index contributed by atoms with van der Waals surface area (Å²) < 4.78 is 27.9. The molecule has 0 radical (unpaired) electrons. The number of rotatable bonds is 9. The van der Waals surface area contributed by atoms with Crippen LogP contribution in [-0.2, 0) is 14.8 Å². The van der Waals surface area contributed by atoms with Crippen molar-refractivity contribution >= 4 is 16.0 Å². The van der Waals surface area contributed by atoms with Crippen molar-refractivity contribution in [3.63, 3.8) is 0 Å². The number of sulfonamides is 1. The predicted molar refractivity (Wildman–Crippen MR) is 105 cm³/mol. The summed E-state index contributed by atoms with van der Waals surface area (Å²) >= 11 is 0. The van der Waals surface area contributed by atoms with Crippen molar-refractivity contribution in [2.24, 2.45) is 23.7 Å². The minimum absolute atomic E-state index is 0.181. The second-order valence-electron chi connectivity index (χ2n) is 7.57. The van der Waals surface area contributed by atoms with Gasteiger partial charge < -0.3 is 5.11 Å². The normalized spacial score (nSPS) is 26.9. The molecule has 1 saturated carbocycles. The number of hydrogen-bond acceptors (Lipinski definition) is 3. The average Bonchev–Trinajstić information content (AvgIpc) is 3.21. The Bertz CT molecular complexity index is 826. The van der Waals surface area contributed by atoms with Crippen molar-refractivity contribution < 1.29 is 18.3 Å². The zero-order chi connectivity index (χ0) is 19.4. The molecule has 1 fully saturated rings. The summed E-state index contributed by atoms with van der Waals surface area (Å²) in [6.07, 6.45) is 11.3. The first kappa shape index (κ1) is 19.8. The smallest absolute Gasteiger partial charge is 0.303 e. The molecule has 6 heteroatoms. The Hall–Kier alpha value is -1.92. The summed E-state index contributed by atoms with van der Waals surface area (Å²) in [7, 11) is -3.51. The summed E-state index contributed by atoms with van der Waals surface area (Å²) in [5.41, 5.74) is 1.03. The number of hydrogen-bond donors (Lipinski definition) is 2. The van der Waals surface area contributed by atoms with Crippen LogP contribution in [0.2, 0.25) is 0 Å². The van der Waals surface area contributed by atoms with Crippen molar-refractivity contribution in [1.82, 2.24) is 4.72 Å². The fraction of sp³-hybridized carbons (Fsp3) is 0.476. The van der Waals surface area contributed by atoms with Crippen LogP contribution in [0, 0.1) is 30.6 Å². The van der Waals surface area contributed by atoms with Gasteiger partial charge in [-0.3, -0.25) is 4.79 Å². The van der Waals surface area contributed by atoms with E-state index in [-0.39, 0.29) is 12.3 Å². The molecule has 2 aliphatic carbocycles. The number of unbranched alkanes of at least 4 members (excludes halogenated alkanes) is 1. The van der Waals surface area contributed by atoms with Crippen molar-refractivity contribution in [3.05, 3.63) is 54.1 Å². The number of carbonyl (C=O) groups is 1. The molecule has 2 bridgehead atoms. The van der Waals surface area contributed by atoms with Gasteiger partial charge in [-0.05, 0) is 62.0 Å². The molecule has 146 valence electrons. The van der Waals surface area contributed by atoms with Gasteiger partial charge in [-0.1, -0.05) is 42.0 Å². The van der Waals surface area contributed by atoms with Crippen LogP contribution in [0.15, 0.2) is 53.5 Å². The summed E-state index contributed by atoms with van der Waals surface area (Å²) in [4.78, 5) is 10.9. The van der Waals surface area contributed by atoms with Crippen LogP contribution >= 0.6 is 0 Å². The molecule has 0 aromatic heterocycles. The van der Waals surface area contributed by atoms with Gasteiger partial charge in [0.2, 0.25) is 10.0 Å². The Labute approximate surface area is 161 Å². The van der Waals surface area contributed by atoms with E-state index in [9.17, 15) is 13.2 Å². The highest BCUT2D eigenvalue weighted by Crippen LogP contribution is 2.48. The molecule has 0 saturated heterocycles. The lowest BCUT2D eigenvalue weighted by Gasteiger charge is -2.26. The summed E-state index contributed by atoms with van der Waals surface area (Å²) in [6.45, 7) is 2.35. The van der Waals surface area contributed by atoms with Gasteiger partial charge in [-0.15, -0.1) is 0 Å². The van der Waals surface area contributed by atoms with E-state index in [0.717, 1.165) is 18.4 Å². The number of aliphatic carboxylic acids is 1. The van der Waals surface area contributed by atoms with E-state index in [1.54, 1.807) is 24.3 Å². The maximum Gasteiger partial charge on any atom is 0.303 e. The van der Waals surface area contributed by atoms with Crippen LogP contribution in [0.25, 0.3) is 0 Å². The van der Waals surface area contributed by atoms with E-state index in [4.69, 9.17) is 5.11 Å². The molecule has 0 heterocycles. The van der Waals surface area contributed by atoms with E-state index in [1.807, 2.05) is 6.92 Å². The third kappa shape index (κ3) is 4.87. The molecule has 27 heavy (non-hydrogen) atoms. The molecule has 3 rings (SSSR count).